The maximum absolute atomic E-state index is 12.1. The Labute approximate surface area is 115 Å². The van der Waals surface area contributed by atoms with E-state index in [1.165, 1.54) is 17.7 Å². The lowest BCUT2D eigenvalue weighted by Crippen LogP contribution is -2.31. The van der Waals surface area contributed by atoms with Crippen molar-refractivity contribution in [1.29, 1.82) is 0 Å². The molecule has 0 saturated heterocycles. The summed E-state index contributed by atoms with van der Waals surface area (Å²) in [6.07, 6.45) is 7.63. The van der Waals surface area contributed by atoms with E-state index in [-0.39, 0.29) is 5.91 Å². The Hall–Kier alpha value is -1.32. The van der Waals surface area contributed by atoms with E-state index in [4.69, 9.17) is 0 Å². The molecule has 0 unspecified atom stereocenters. The molecule has 0 fully saturated rings. The zero-order valence-corrected chi connectivity index (χ0v) is 12.4. The average molecular weight is 263 g/mol. The summed E-state index contributed by atoms with van der Waals surface area (Å²) in [5.41, 5.74) is 2.53. The predicted octanol–water partition coefficient (Wildman–Crippen LogP) is 2.27. The van der Waals surface area contributed by atoms with Crippen LogP contribution in [0.1, 0.15) is 44.4 Å². The first-order chi connectivity index (χ1) is 9.10. The second kappa shape index (κ2) is 6.22. The summed E-state index contributed by atoms with van der Waals surface area (Å²) in [6.45, 7) is 5.64. The molecule has 0 radical (unpaired) electrons. The Morgan fingerprint density at radius 2 is 2.37 bits per heavy atom. The molecule has 106 valence electrons. The first-order valence-corrected chi connectivity index (χ1v) is 7.39. The van der Waals surface area contributed by atoms with Crippen LogP contribution in [0.25, 0.3) is 0 Å². The van der Waals surface area contributed by atoms with Crippen molar-refractivity contribution in [2.45, 2.75) is 52.5 Å². The molecule has 1 atom stereocenters. The molecule has 1 aromatic rings. The van der Waals surface area contributed by atoms with Crippen LogP contribution < -0.4 is 0 Å². The van der Waals surface area contributed by atoms with Crippen molar-refractivity contribution in [3.63, 3.8) is 0 Å². The number of amides is 1. The lowest BCUT2D eigenvalue weighted by molar-refractivity contribution is -0.130. The maximum atomic E-state index is 12.1. The Balaban J connectivity index is 1.94. The highest BCUT2D eigenvalue weighted by atomic mass is 16.2. The Morgan fingerprint density at radius 3 is 3.11 bits per heavy atom. The molecular formula is C15H25N3O. The van der Waals surface area contributed by atoms with Crippen molar-refractivity contribution in [3.05, 3.63) is 17.5 Å². The number of aryl methyl sites for hydroxylation is 1. The van der Waals surface area contributed by atoms with Gasteiger partial charge in [0.1, 0.15) is 6.54 Å². The van der Waals surface area contributed by atoms with Gasteiger partial charge in [-0.2, -0.15) is 5.10 Å². The number of nitrogens with zero attached hydrogens (tertiary/aromatic N) is 3. The summed E-state index contributed by atoms with van der Waals surface area (Å²) in [5, 5.41) is 4.56. The molecule has 2 rings (SSSR count). The Morgan fingerprint density at radius 1 is 1.58 bits per heavy atom. The number of unbranched alkanes of at least 4 members (excludes halogenated alkanes) is 1. The number of carbonyl (C=O) groups is 1. The van der Waals surface area contributed by atoms with Gasteiger partial charge >= 0.3 is 0 Å². The Kier molecular flexibility index (Phi) is 4.61. The molecule has 0 spiro atoms. The van der Waals surface area contributed by atoms with Crippen LogP contribution in [0, 0.1) is 5.92 Å². The second-order valence-corrected chi connectivity index (χ2v) is 5.82. The van der Waals surface area contributed by atoms with Gasteiger partial charge in [0.15, 0.2) is 0 Å². The SMILES string of the molecule is CCCCN(C)C(=O)Cn1cc2c(n1)CC[C@H](C)C2. The summed E-state index contributed by atoms with van der Waals surface area (Å²) in [5.74, 6) is 0.898. The number of fused-ring (bicyclic) bond motifs is 1. The van der Waals surface area contributed by atoms with Crippen molar-refractivity contribution in [2.75, 3.05) is 13.6 Å². The van der Waals surface area contributed by atoms with E-state index in [1.807, 2.05) is 16.6 Å². The molecule has 0 aromatic carbocycles. The fraction of sp³-hybridized carbons (Fsp3) is 0.733. The van der Waals surface area contributed by atoms with E-state index >= 15 is 0 Å². The lowest BCUT2D eigenvalue weighted by atomic mass is 9.89. The number of hydrogen-bond acceptors (Lipinski definition) is 2. The number of rotatable bonds is 5. The van der Waals surface area contributed by atoms with Gasteiger partial charge < -0.3 is 4.90 Å². The third-order valence-corrected chi connectivity index (χ3v) is 3.94. The van der Waals surface area contributed by atoms with Gasteiger partial charge in [0, 0.05) is 19.8 Å². The first-order valence-electron chi connectivity index (χ1n) is 7.39. The van der Waals surface area contributed by atoms with E-state index in [9.17, 15) is 4.79 Å². The van der Waals surface area contributed by atoms with Crippen molar-refractivity contribution in [2.24, 2.45) is 5.92 Å². The minimum atomic E-state index is 0.154. The molecule has 0 aliphatic heterocycles. The van der Waals surface area contributed by atoms with Crippen LogP contribution in [0.2, 0.25) is 0 Å². The molecule has 1 amide bonds. The third-order valence-electron chi connectivity index (χ3n) is 3.94. The van der Waals surface area contributed by atoms with Crippen molar-refractivity contribution in [1.82, 2.24) is 14.7 Å². The van der Waals surface area contributed by atoms with Crippen LogP contribution >= 0.6 is 0 Å². The van der Waals surface area contributed by atoms with Gasteiger partial charge in [-0.25, -0.2) is 0 Å². The largest absolute Gasteiger partial charge is 0.344 e. The van der Waals surface area contributed by atoms with E-state index in [2.05, 4.69) is 25.1 Å². The topological polar surface area (TPSA) is 38.1 Å². The molecule has 4 nitrogen and oxygen atoms in total. The van der Waals surface area contributed by atoms with Gasteiger partial charge in [0.2, 0.25) is 5.91 Å². The van der Waals surface area contributed by atoms with Crippen LogP contribution in [0.4, 0.5) is 0 Å². The highest BCUT2D eigenvalue weighted by molar-refractivity contribution is 5.75. The molecule has 0 saturated carbocycles. The van der Waals surface area contributed by atoms with Gasteiger partial charge in [-0.05, 0) is 37.2 Å². The maximum Gasteiger partial charge on any atom is 0.244 e. The van der Waals surface area contributed by atoms with Crippen molar-refractivity contribution in [3.8, 4) is 0 Å². The predicted molar refractivity (Wildman–Crippen MR) is 76.0 cm³/mol. The minimum Gasteiger partial charge on any atom is -0.344 e. The highest BCUT2D eigenvalue weighted by Gasteiger charge is 2.19. The van der Waals surface area contributed by atoms with Gasteiger partial charge in [-0.3, -0.25) is 9.48 Å². The molecule has 1 heterocycles. The molecule has 4 heteroatoms. The first kappa shape index (κ1) is 14.1. The van der Waals surface area contributed by atoms with Crippen LogP contribution in [-0.4, -0.2) is 34.2 Å². The lowest BCUT2D eigenvalue weighted by Gasteiger charge is -2.16. The molecule has 0 bridgehead atoms. The number of aromatic nitrogens is 2. The van der Waals surface area contributed by atoms with Gasteiger partial charge in [0.05, 0.1) is 5.69 Å². The molecule has 1 aliphatic carbocycles. The van der Waals surface area contributed by atoms with E-state index in [0.717, 1.165) is 38.1 Å². The smallest absolute Gasteiger partial charge is 0.244 e. The number of hydrogen-bond donors (Lipinski definition) is 0. The minimum absolute atomic E-state index is 0.154. The standard InChI is InChI=1S/C15H25N3O/c1-4-5-8-17(3)15(19)11-18-10-13-9-12(2)6-7-14(13)16-18/h10,12H,4-9,11H2,1-3H3/t12-/m0/s1. The third kappa shape index (κ3) is 3.58. The molecule has 1 aromatic heterocycles. The van der Waals surface area contributed by atoms with Crippen LogP contribution in [0.3, 0.4) is 0 Å². The van der Waals surface area contributed by atoms with E-state index in [1.54, 1.807) is 0 Å². The van der Waals surface area contributed by atoms with Crippen LogP contribution in [-0.2, 0) is 24.2 Å². The summed E-state index contributed by atoms with van der Waals surface area (Å²) in [4.78, 5) is 13.9. The quantitative estimate of drug-likeness (QED) is 0.817. The molecular weight excluding hydrogens is 238 g/mol. The average Bonchev–Trinajstić information content (AvgIpc) is 2.77. The van der Waals surface area contributed by atoms with Crippen molar-refractivity contribution >= 4 is 5.91 Å². The monoisotopic (exact) mass is 263 g/mol. The highest BCUT2D eigenvalue weighted by Crippen LogP contribution is 2.23. The van der Waals surface area contributed by atoms with Gasteiger partial charge in [-0.15, -0.1) is 0 Å². The summed E-state index contributed by atoms with van der Waals surface area (Å²) < 4.78 is 1.83. The molecule has 1 aliphatic rings. The molecule has 0 N–H and O–H groups in total. The fourth-order valence-corrected chi connectivity index (χ4v) is 2.60. The van der Waals surface area contributed by atoms with Gasteiger partial charge in [-0.1, -0.05) is 20.3 Å². The number of likely N-dealkylation sites (N-methyl/N-ethyl adjacent to an activating group) is 1. The molecule has 19 heavy (non-hydrogen) atoms. The summed E-state index contributed by atoms with van der Waals surface area (Å²) >= 11 is 0. The number of carbonyl (C=O) groups excluding carboxylic acids is 1. The van der Waals surface area contributed by atoms with Gasteiger partial charge in [0.25, 0.3) is 0 Å². The fourth-order valence-electron chi connectivity index (χ4n) is 2.60. The van der Waals surface area contributed by atoms with Crippen LogP contribution in [0.5, 0.6) is 0 Å². The van der Waals surface area contributed by atoms with Crippen LogP contribution in [0.15, 0.2) is 6.20 Å². The summed E-state index contributed by atoms with van der Waals surface area (Å²) in [6, 6.07) is 0. The zero-order valence-electron chi connectivity index (χ0n) is 12.4. The van der Waals surface area contributed by atoms with E-state index < -0.39 is 0 Å². The van der Waals surface area contributed by atoms with Crippen molar-refractivity contribution < 1.29 is 4.79 Å². The second-order valence-electron chi connectivity index (χ2n) is 5.82. The Bertz CT molecular complexity index is 439. The normalized spacial score (nSPS) is 18.2. The summed E-state index contributed by atoms with van der Waals surface area (Å²) in [7, 11) is 1.88. The van der Waals surface area contributed by atoms with E-state index in [0.29, 0.717) is 6.54 Å². The zero-order chi connectivity index (χ0) is 13.8.